The van der Waals surface area contributed by atoms with Crippen molar-refractivity contribution < 1.29 is 4.39 Å². The predicted octanol–water partition coefficient (Wildman–Crippen LogP) is 4.66. The van der Waals surface area contributed by atoms with E-state index in [1.54, 1.807) is 12.1 Å². The molecule has 0 radical (unpaired) electrons. The van der Waals surface area contributed by atoms with Gasteiger partial charge in [0, 0.05) is 11.7 Å². The maximum absolute atomic E-state index is 13.2. The normalized spacial score (nSPS) is 21.1. The number of nitrogens with one attached hydrogen (secondary N) is 1. The molecular weight excluding hydrogens is 249 g/mol. The summed E-state index contributed by atoms with van der Waals surface area (Å²) in [6, 6.07) is 14.1. The third-order valence-electron chi connectivity index (χ3n) is 4.21. The molecule has 0 spiro atoms. The fourth-order valence-electron chi connectivity index (χ4n) is 3.21. The van der Waals surface area contributed by atoms with Gasteiger partial charge in [-0.05, 0) is 67.5 Å². The largest absolute Gasteiger partial charge is 0.382 e. The molecule has 0 saturated heterocycles. The molecule has 0 amide bonds. The van der Waals surface area contributed by atoms with Gasteiger partial charge in [-0.1, -0.05) is 24.3 Å². The highest BCUT2D eigenvalue weighted by Crippen LogP contribution is 2.36. The maximum atomic E-state index is 13.2. The molecule has 0 bridgehead atoms. The van der Waals surface area contributed by atoms with Crippen LogP contribution in [0.15, 0.2) is 42.5 Å². The molecule has 0 fully saturated rings. The van der Waals surface area contributed by atoms with E-state index in [1.807, 2.05) is 13.0 Å². The van der Waals surface area contributed by atoms with Gasteiger partial charge in [0.05, 0.1) is 0 Å². The second-order valence-electron chi connectivity index (χ2n) is 5.84. The number of hydrogen-bond donors (Lipinski definition) is 1. The van der Waals surface area contributed by atoms with Gasteiger partial charge in [-0.3, -0.25) is 0 Å². The van der Waals surface area contributed by atoms with Crippen LogP contribution < -0.4 is 5.32 Å². The first kappa shape index (κ1) is 13.2. The van der Waals surface area contributed by atoms with E-state index in [1.165, 1.54) is 16.8 Å². The summed E-state index contributed by atoms with van der Waals surface area (Å²) in [4.78, 5) is 0. The van der Waals surface area contributed by atoms with Crippen LogP contribution in [0, 0.1) is 12.7 Å². The van der Waals surface area contributed by atoms with Crippen LogP contribution in [0.3, 0.4) is 0 Å². The monoisotopic (exact) mass is 269 g/mol. The molecule has 0 saturated carbocycles. The maximum Gasteiger partial charge on any atom is 0.123 e. The molecule has 0 aliphatic carbocycles. The lowest BCUT2D eigenvalue weighted by Gasteiger charge is -2.31. The standard InChI is InChI=1S/C18H20FN/c1-12-9-16(19)8-7-14(12)11-15-10-13(2)20-18-6-4-3-5-17(15)18/h3-9,13,15,20H,10-11H2,1-2H3. The van der Waals surface area contributed by atoms with Crippen molar-refractivity contribution in [3.8, 4) is 0 Å². The topological polar surface area (TPSA) is 12.0 Å². The zero-order chi connectivity index (χ0) is 14.1. The molecule has 20 heavy (non-hydrogen) atoms. The van der Waals surface area contributed by atoms with Gasteiger partial charge >= 0.3 is 0 Å². The van der Waals surface area contributed by atoms with Gasteiger partial charge in [0.15, 0.2) is 0 Å². The molecule has 1 heterocycles. The van der Waals surface area contributed by atoms with Crippen molar-refractivity contribution in [3.63, 3.8) is 0 Å². The minimum Gasteiger partial charge on any atom is -0.382 e. The van der Waals surface area contributed by atoms with Crippen LogP contribution in [0.25, 0.3) is 0 Å². The van der Waals surface area contributed by atoms with E-state index in [0.29, 0.717) is 12.0 Å². The third kappa shape index (κ3) is 2.55. The summed E-state index contributed by atoms with van der Waals surface area (Å²) in [5.74, 6) is 0.358. The molecule has 3 rings (SSSR count). The van der Waals surface area contributed by atoms with Crippen molar-refractivity contribution in [2.45, 2.75) is 38.6 Å². The molecule has 2 heteroatoms. The van der Waals surface area contributed by atoms with Crippen LogP contribution in [0.1, 0.15) is 36.0 Å². The number of rotatable bonds is 2. The first-order valence-corrected chi connectivity index (χ1v) is 7.24. The highest BCUT2D eigenvalue weighted by Gasteiger charge is 2.24. The summed E-state index contributed by atoms with van der Waals surface area (Å²) < 4.78 is 13.2. The summed E-state index contributed by atoms with van der Waals surface area (Å²) in [5.41, 5.74) is 4.93. The lowest BCUT2D eigenvalue weighted by atomic mass is 9.82. The van der Waals surface area contributed by atoms with E-state index >= 15 is 0 Å². The predicted molar refractivity (Wildman–Crippen MR) is 81.7 cm³/mol. The first-order chi connectivity index (χ1) is 9.63. The van der Waals surface area contributed by atoms with Gasteiger partial charge < -0.3 is 5.32 Å². The van der Waals surface area contributed by atoms with E-state index in [4.69, 9.17) is 0 Å². The van der Waals surface area contributed by atoms with E-state index in [-0.39, 0.29) is 5.82 Å². The lowest BCUT2D eigenvalue weighted by molar-refractivity contribution is 0.549. The van der Waals surface area contributed by atoms with Gasteiger partial charge in [-0.15, -0.1) is 0 Å². The summed E-state index contributed by atoms with van der Waals surface area (Å²) in [6.45, 7) is 4.22. The quantitative estimate of drug-likeness (QED) is 0.835. The Hall–Kier alpha value is -1.83. The molecular formula is C18H20FN. The fraction of sp³-hybridized carbons (Fsp3) is 0.333. The van der Waals surface area contributed by atoms with Gasteiger partial charge in [0.25, 0.3) is 0 Å². The van der Waals surface area contributed by atoms with E-state index < -0.39 is 0 Å². The van der Waals surface area contributed by atoms with Crippen LogP contribution in [0.4, 0.5) is 10.1 Å². The number of hydrogen-bond acceptors (Lipinski definition) is 1. The first-order valence-electron chi connectivity index (χ1n) is 7.24. The Morgan fingerprint density at radius 1 is 1.20 bits per heavy atom. The molecule has 0 aromatic heterocycles. The molecule has 1 N–H and O–H groups in total. The Labute approximate surface area is 119 Å². The Morgan fingerprint density at radius 2 is 2.00 bits per heavy atom. The number of para-hydroxylation sites is 1. The van der Waals surface area contributed by atoms with Gasteiger partial charge in [0.2, 0.25) is 0 Å². The van der Waals surface area contributed by atoms with Crippen LogP contribution in [-0.2, 0) is 6.42 Å². The molecule has 2 atom stereocenters. The van der Waals surface area contributed by atoms with Crippen LogP contribution in [0.5, 0.6) is 0 Å². The van der Waals surface area contributed by atoms with Gasteiger partial charge in [-0.2, -0.15) is 0 Å². The Balaban J connectivity index is 1.91. The lowest BCUT2D eigenvalue weighted by Crippen LogP contribution is -2.26. The Bertz CT molecular complexity index is 621. The van der Waals surface area contributed by atoms with E-state index in [0.717, 1.165) is 18.4 Å². The second kappa shape index (κ2) is 5.28. The highest BCUT2D eigenvalue weighted by molar-refractivity contribution is 5.56. The molecule has 2 unspecified atom stereocenters. The highest BCUT2D eigenvalue weighted by atomic mass is 19.1. The van der Waals surface area contributed by atoms with Crippen molar-refractivity contribution >= 4 is 5.69 Å². The zero-order valence-electron chi connectivity index (χ0n) is 12.0. The van der Waals surface area contributed by atoms with E-state index in [9.17, 15) is 4.39 Å². The second-order valence-corrected chi connectivity index (χ2v) is 5.84. The SMILES string of the molecule is Cc1cc(F)ccc1CC1CC(C)Nc2ccccc21. The molecule has 2 aromatic rings. The van der Waals surface area contributed by atoms with E-state index in [2.05, 4.69) is 36.5 Å². The molecule has 2 aromatic carbocycles. The van der Waals surface area contributed by atoms with Crippen molar-refractivity contribution in [3.05, 3.63) is 65.0 Å². The molecule has 1 aliphatic heterocycles. The third-order valence-corrected chi connectivity index (χ3v) is 4.21. The van der Waals surface area contributed by atoms with Crippen LogP contribution in [0.2, 0.25) is 0 Å². The molecule has 1 aliphatic rings. The Kier molecular flexibility index (Phi) is 3.47. The number of anilines is 1. The molecule has 1 nitrogen and oxygen atoms in total. The average molecular weight is 269 g/mol. The molecule has 104 valence electrons. The summed E-state index contributed by atoms with van der Waals surface area (Å²) >= 11 is 0. The average Bonchev–Trinajstić information content (AvgIpc) is 2.41. The van der Waals surface area contributed by atoms with Crippen LogP contribution in [-0.4, -0.2) is 6.04 Å². The van der Waals surface area contributed by atoms with Gasteiger partial charge in [-0.25, -0.2) is 4.39 Å². The smallest absolute Gasteiger partial charge is 0.123 e. The number of fused-ring (bicyclic) bond motifs is 1. The van der Waals surface area contributed by atoms with Crippen molar-refractivity contribution in [1.29, 1.82) is 0 Å². The number of aryl methyl sites for hydroxylation is 1. The number of halogens is 1. The summed E-state index contributed by atoms with van der Waals surface area (Å²) in [6.07, 6.45) is 2.10. The van der Waals surface area contributed by atoms with Crippen molar-refractivity contribution in [2.24, 2.45) is 0 Å². The Morgan fingerprint density at radius 3 is 2.80 bits per heavy atom. The minimum absolute atomic E-state index is 0.148. The van der Waals surface area contributed by atoms with Gasteiger partial charge in [0.1, 0.15) is 5.82 Å². The fourth-order valence-corrected chi connectivity index (χ4v) is 3.21. The van der Waals surface area contributed by atoms with Crippen LogP contribution >= 0.6 is 0 Å². The summed E-state index contributed by atoms with van der Waals surface area (Å²) in [5, 5.41) is 3.54. The number of benzene rings is 2. The zero-order valence-corrected chi connectivity index (χ0v) is 12.0. The minimum atomic E-state index is -0.148. The van der Waals surface area contributed by atoms with Crippen molar-refractivity contribution in [1.82, 2.24) is 0 Å². The van der Waals surface area contributed by atoms with Crippen molar-refractivity contribution in [2.75, 3.05) is 5.32 Å². The summed E-state index contributed by atoms with van der Waals surface area (Å²) in [7, 11) is 0.